The molecule has 1 saturated heterocycles. The van der Waals surface area contributed by atoms with Crippen LogP contribution >= 0.6 is 11.3 Å². The fraction of sp³-hybridized carbons (Fsp3) is 0.200. The van der Waals surface area contributed by atoms with Crippen molar-refractivity contribution in [3.63, 3.8) is 0 Å². The van der Waals surface area contributed by atoms with E-state index in [1.807, 2.05) is 54.6 Å². The fourth-order valence-corrected chi connectivity index (χ4v) is 4.74. The monoisotopic (exact) mass is 487 g/mol. The molecule has 0 radical (unpaired) electrons. The van der Waals surface area contributed by atoms with Crippen LogP contribution < -0.4 is 15.6 Å². The van der Waals surface area contributed by atoms with E-state index in [1.54, 1.807) is 12.3 Å². The predicted molar refractivity (Wildman–Crippen MR) is 140 cm³/mol. The lowest BCUT2D eigenvalue weighted by molar-refractivity contribution is 0.0958. The maximum absolute atomic E-state index is 12.8. The minimum atomic E-state index is -0.336. The van der Waals surface area contributed by atoms with Crippen molar-refractivity contribution in [2.75, 3.05) is 43.4 Å². The van der Waals surface area contributed by atoms with Crippen LogP contribution in [0.25, 0.3) is 10.2 Å². The lowest BCUT2D eigenvalue weighted by Gasteiger charge is -2.34. The van der Waals surface area contributed by atoms with E-state index < -0.39 is 0 Å². The largest absolute Gasteiger partial charge is 0.369 e. The van der Waals surface area contributed by atoms with Gasteiger partial charge in [0.25, 0.3) is 11.8 Å². The Bertz CT molecular complexity index is 1350. The van der Waals surface area contributed by atoms with Crippen molar-refractivity contribution in [3.8, 4) is 0 Å². The molecule has 1 aliphatic rings. The van der Waals surface area contributed by atoms with Crippen LogP contribution in [0.4, 0.5) is 11.5 Å². The van der Waals surface area contributed by atoms with Crippen LogP contribution in [0.15, 0.2) is 65.8 Å². The van der Waals surface area contributed by atoms with E-state index >= 15 is 0 Å². The number of amides is 2. The van der Waals surface area contributed by atoms with Crippen LogP contribution in [0, 0.1) is 0 Å². The molecule has 178 valence electrons. The van der Waals surface area contributed by atoms with Crippen molar-refractivity contribution < 1.29 is 9.59 Å². The van der Waals surface area contributed by atoms with E-state index in [0.29, 0.717) is 26.5 Å². The molecule has 0 atom stereocenters. The molecular formula is C25H25N7O2S. The number of H-pyrrole nitrogens is 1. The summed E-state index contributed by atoms with van der Waals surface area (Å²) in [5.74, 6) is -0.127. The first-order valence-electron chi connectivity index (χ1n) is 11.3. The Labute approximate surface area is 206 Å². The standard InChI is InChI=1S/C25H25N7O2S/c1-31-11-13-32(14-12-31)19-9-7-18(8-10-19)23(33)27-22-20-15-21(35-25(20)30-28-22)24(34)29-26-16-17-5-3-2-4-6-17/h2-10,15-16H,11-14H2,1H3,(H,29,34)(H2,27,28,30,33). The Morgan fingerprint density at radius 1 is 1.03 bits per heavy atom. The van der Waals surface area contributed by atoms with E-state index in [2.05, 4.69) is 42.9 Å². The van der Waals surface area contributed by atoms with Gasteiger partial charge in [-0.2, -0.15) is 10.2 Å². The molecule has 0 spiro atoms. The Kier molecular flexibility index (Phi) is 6.55. The maximum Gasteiger partial charge on any atom is 0.281 e. The number of likely N-dealkylation sites (N-methyl/N-ethyl adjacent to an activating group) is 1. The molecule has 0 saturated carbocycles. The summed E-state index contributed by atoms with van der Waals surface area (Å²) in [7, 11) is 2.13. The maximum atomic E-state index is 12.8. The van der Waals surface area contributed by atoms with Gasteiger partial charge in [0.05, 0.1) is 16.5 Å². The summed E-state index contributed by atoms with van der Waals surface area (Å²) in [4.78, 5) is 31.0. The molecule has 5 rings (SSSR count). The average Bonchev–Trinajstić information content (AvgIpc) is 3.47. The van der Waals surface area contributed by atoms with E-state index in [-0.39, 0.29) is 11.8 Å². The van der Waals surface area contributed by atoms with Crippen LogP contribution in [-0.2, 0) is 0 Å². The number of hydrazone groups is 1. The molecule has 2 amide bonds. The first-order valence-corrected chi connectivity index (χ1v) is 12.1. The summed E-state index contributed by atoms with van der Waals surface area (Å²) < 4.78 is 0. The van der Waals surface area contributed by atoms with Gasteiger partial charge in [0.1, 0.15) is 10.6 Å². The smallest absolute Gasteiger partial charge is 0.281 e. The van der Waals surface area contributed by atoms with Gasteiger partial charge in [0.15, 0.2) is 0 Å². The van der Waals surface area contributed by atoms with Crippen LogP contribution in [0.3, 0.4) is 0 Å². The highest BCUT2D eigenvalue weighted by Gasteiger charge is 2.18. The normalized spacial score (nSPS) is 14.5. The zero-order chi connectivity index (χ0) is 24.2. The summed E-state index contributed by atoms with van der Waals surface area (Å²) >= 11 is 1.22. The van der Waals surface area contributed by atoms with E-state index in [4.69, 9.17) is 0 Å². The molecule has 2 aromatic carbocycles. The zero-order valence-electron chi connectivity index (χ0n) is 19.2. The van der Waals surface area contributed by atoms with Gasteiger partial charge in [-0.1, -0.05) is 30.3 Å². The first kappa shape index (κ1) is 22.8. The number of anilines is 2. The highest BCUT2D eigenvalue weighted by atomic mass is 32.1. The van der Waals surface area contributed by atoms with Crippen molar-refractivity contribution in [3.05, 3.63) is 76.7 Å². The summed E-state index contributed by atoms with van der Waals surface area (Å²) in [6.45, 7) is 4.00. The first-order chi connectivity index (χ1) is 17.1. The third kappa shape index (κ3) is 5.23. The van der Waals surface area contributed by atoms with E-state index in [0.717, 1.165) is 37.4 Å². The summed E-state index contributed by atoms with van der Waals surface area (Å²) in [6, 6.07) is 18.8. The molecule has 3 heterocycles. The number of hydrogen-bond acceptors (Lipinski definition) is 7. The molecule has 0 unspecified atom stereocenters. The molecule has 2 aromatic heterocycles. The number of fused-ring (bicyclic) bond motifs is 1. The quantitative estimate of drug-likeness (QED) is 0.286. The predicted octanol–water partition coefficient (Wildman–Crippen LogP) is 3.39. The molecule has 35 heavy (non-hydrogen) atoms. The lowest BCUT2D eigenvalue weighted by Crippen LogP contribution is -2.44. The molecule has 0 aliphatic carbocycles. The Morgan fingerprint density at radius 3 is 2.51 bits per heavy atom. The Hall–Kier alpha value is -4.02. The number of hydrogen-bond donors (Lipinski definition) is 3. The third-order valence-corrected chi connectivity index (χ3v) is 6.92. The minimum Gasteiger partial charge on any atom is -0.369 e. The molecule has 10 heteroatoms. The number of rotatable bonds is 6. The van der Waals surface area contributed by atoms with Gasteiger partial charge in [-0.3, -0.25) is 14.7 Å². The van der Waals surface area contributed by atoms with Crippen molar-refractivity contribution in [1.82, 2.24) is 20.5 Å². The number of thiophene rings is 1. The SMILES string of the molecule is CN1CCN(c2ccc(C(=O)Nc3[nH]nc4sc(C(=O)NN=Cc5ccccc5)cc34)cc2)CC1. The Morgan fingerprint density at radius 2 is 1.77 bits per heavy atom. The van der Waals surface area contributed by atoms with Crippen molar-refractivity contribution in [2.24, 2.45) is 5.10 Å². The highest BCUT2D eigenvalue weighted by Crippen LogP contribution is 2.29. The number of piperazine rings is 1. The molecule has 1 fully saturated rings. The number of aromatic nitrogens is 2. The van der Waals surface area contributed by atoms with E-state index in [9.17, 15) is 9.59 Å². The number of nitrogens with one attached hydrogen (secondary N) is 3. The second-order valence-corrected chi connectivity index (χ2v) is 9.36. The van der Waals surface area contributed by atoms with Gasteiger partial charge in [-0.15, -0.1) is 11.3 Å². The van der Waals surface area contributed by atoms with Crippen molar-refractivity contribution in [1.29, 1.82) is 0 Å². The number of carbonyl (C=O) groups excluding carboxylic acids is 2. The van der Waals surface area contributed by atoms with E-state index in [1.165, 1.54) is 11.3 Å². The molecule has 0 bridgehead atoms. The zero-order valence-corrected chi connectivity index (χ0v) is 20.0. The van der Waals surface area contributed by atoms with Gasteiger partial charge in [0, 0.05) is 37.4 Å². The van der Waals surface area contributed by atoms with Gasteiger partial charge in [-0.25, -0.2) is 5.43 Å². The number of benzene rings is 2. The van der Waals surface area contributed by atoms with Crippen LogP contribution in [0.2, 0.25) is 0 Å². The average molecular weight is 488 g/mol. The third-order valence-electron chi connectivity index (χ3n) is 5.89. The number of nitrogens with zero attached hydrogens (tertiary/aromatic N) is 4. The topological polar surface area (TPSA) is 106 Å². The summed E-state index contributed by atoms with van der Waals surface area (Å²) in [5.41, 5.74) is 5.08. The summed E-state index contributed by atoms with van der Waals surface area (Å²) in [6.07, 6.45) is 1.58. The van der Waals surface area contributed by atoms with Crippen LogP contribution in [-0.4, -0.2) is 66.4 Å². The molecule has 3 N–H and O–H groups in total. The number of carbonyl (C=O) groups is 2. The van der Waals surface area contributed by atoms with Crippen LogP contribution in [0.5, 0.6) is 0 Å². The van der Waals surface area contributed by atoms with Gasteiger partial charge in [-0.05, 0) is 42.9 Å². The lowest BCUT2D eigenvalue weighted by atomic mass is 10.1. The Balaban J connectivity index is 1.23. The minimum absolute atomic E-state index is 0.245. The van der Waals surface area contributed by atoms with Gasteiger partial charge < -0.3 is 15.1 Å². The van der Waals surface area contributed by atoms with Crippen molar-refractivity contribution in [2.45, 2.75) is 0 Å². The molecular weight excluding hydrogens is 462 g/mol. The highest BCUT2D eigenvalue weighted by molar-refractivity contribution is 7.20. The molecule has 4 aromatic rings. The number of aromatic amines is 1. The second-order valence-electron chi connectivity index (χ2n) is 8.33. The van der Waals surface area contributed by atoms with Gasteiger partial charge in [0.2, 0.25) is 0 Å². The summed E-state index contributed by atoms with van der Waals surface area (Å²) in [5, 5.41) is 14.6. The van der Waals surface area contributed by atoms with Crippen molar-refractivity contribution >= 4 is 51.1 Å². The molecule has 1 aliphatic heterocycles. The van der Waals surface area contributed by atoms with Gasteiger partial charge >= 0.3 is 0 Å². The molecule has 9 nitrogen and oxygen atoms in total. The fourth-order valence-electron chi connectivity index (χ4n) is 3.85. The van der Waals surface area contributed by atoms with Crippen LogP contribution in [0.1, 0.15) is 25.6 Å². The second kappa shape index (κ2) is 10.1.